The van der Waals surface area contributed by atoms with Gasteiger partial charge >= 0.3 is 5.97 Å². The number of aromatic nitrogens is 1. The highest BCUT2D eigenvalue weighted by Crippen LogP contribution is 2.32. The zero-order valence-corrected chi connectivity index (χ0v) is 25.4. The smallest absolute Gasteiger partial charge is 0.338 e. The quantitative estimate of drug-likeness (QED) is 0.237. The first-order chi connectivity index (χ1) is 20.8. The van der Waals surface area contributed by atoms with Crippen LogP contribution in [0.25, 0.3) is 6.08 Å². The second-order valence-electron chi connectivity index (χ2n) is 9.55. The van der Waals surface area contributed by atoms with Gasteiger partial charge in [-0.3, -0.25) is 9.36 Å². The molecule has 218 valence electrons. The van der Waals surface area contributed by atoms with Crippen LogP contribution in [0.2, 0.25) is 5.02 Å². The maximum Gasteiger partial charge on any atom is 0.338 e. The van der Waals surface area contributed by atoms with Gasteiger partial charge in [0.05, 0.1) is 46.7 Å². The molecule has 8 nitrogen and oxygen atoms in total. The van der Waals surface area contributed by atoms with Gasteiger partial charge in [0.25, 0.3) is 5.56 Å². The van der Waals surface area contributed by atoms with Crippen LogP contribution in [0.4, 0.5) is 0 Å². The number of halogens is 1. The van der Waals surface area contributed by atoms with Crippen molar-refractivity contribution in [1.29, 1.82) is 5.26 Å². The van der Waals surface area contributed by atoms with Crippen LogP contribution in [-0.4, -0.2) is 23.8 Å². The van der Waals surface area contributed by atoms with Crippen molar-refractivity contribution in [2.75, 3.05) is 13.2 Å². The Kier molecular flexibility index (Phi) is 9.10. The summed E-state index contributed by atoms with van der Waals surface area (Å²) < 4.78 is 19.2. The van der Waals surface area contributed by atoms with Crippen LogP contribution in [0.1, 0.15) is 49.1 Å². The number of ether oxygens (including phenoxy) is 3. The van der Waals surface area contributed by atoms with Crippen molar-refractivity contribution in [3.8, 4) is 17.6 Å². The summed E-state index contributed by atoms with van der Waals surface area (Å²) in [5.74, 6) is 0.510. The molecule has 0 saturated heterocycles. The minimum Gasteiger partial charge on any atom is -0.490 e. The summed E-state index contributed by atoms with van der Waals surface area (Å²) in [6, 6.07) is 21.2. The molecule has 0 saturated carbocycles. The molecule has 5 rings (SSSR count). The van der Waals surface area contributed by atoms with Gasteiger partial charge in [0, 0.05) is 10.6 Å². The largest absolute Gasteiger partial charge is 0.490 e. The number of hydrogen-bond donors (Lipinski definition) is 0. The summed E-state index contributed by atoms with van der Waals surface area (Å²) in [5.41, 5.74) is 3.27. The zero-order valence-electron chi connectivity index (χ0n) is 23.8. The first-order valence-electron chi connectivity index (χ1n) is 13.7. The molecule has 1 atom stereocenters. The van der Waals surface area contributed by atoms with Gasteiger partial charge in [-0.1, -0.05) is 59.3 Å². The first kappa shape index (κ1) is 29.8. The number of carbonyl (C=O) groups is 1. The Morgan fingerprint density at radius 2 is 1.84 bits per heavy atom. The van der Waals surface area contributed by atoms with Crippen LogP contribution in [-0.2, 0) is 16.1 Å². The van der Waals surface area contributed by atoms with Gasteiger partial charge in [0.2, 0.25) is 0 Å². The van der Waals surface area contributed by atoms with E-state index in [-0.39, 0.29) is 18.8 Å². The van der Waals surface area contributed by atoms with Crippen molar-refractivity contribution >= 4 is 35.0 Å². The van der Waals surface area contributed by atoms with Crippen molar-refractivity contribution in [2.45, 2.75) is 33.4 Å². The van der Waals surface area contributed by atoms with E-state index in [4.69, 9.17) is 25.8 Å². The van der Waals surface area contributed by atoms with E-state index in [2.05, 4.69) is 11.1 Å². The number of esters is 1. The molecular weight excluding hydrogens is 586 g/mol. The van der Waals surface area contributed by atoms with E-state index in [0.717, 1.165) is 11.1 Å². The first-order valence-corrected chi connectivity index (χ1v) is 14.9. The molecule has 0 fully saturated rings. The predicted molar refractivity (Wildman–Crippen MR) is 165 cm³/mol. The third kappa shape index (κ3) is 6.26. The molecule has 0 aliphatic carbocycles. The van der Waals surface area contributed by atoms with Crippen LogP contribution in [0.3, 0.4) is 0 Å². The standard InChI is InChI=1S/C33H28ClN3O5S/c1-4-40-27-16-21(10-15-26(27)42-19-24-9-7-6-8-23(24)18-35)17-28-31(38)37-30(22-11-13-25(34)14-12-22)29(32(39)41-5-2)20(3)36-33(37)43-28/h6-17,30H,4-5,19H2,1-3H3/b28-17+/t30-/m1/s1. The third-order valence-electron chi connectivity index (χ3n) is 6.79. The van der Waals surface area contributed by atoms with Crippen LogP contribution in [0, 0.1) is 11.3 Å². The van der Waals surface area contributed by atoms with Crippen molar-refractivity contribution in [3.05, 3.63) is 125 Å². The lowest BCUT2D eigenvalue weighted by Gasteiger charge is -2.24. The topological polar surface area (TPSA) is 103 Å². The monoisotopic (exact) mass is 613 g/mol. The van der Waals surface area contributed by atoms with Crippen molar-refractivity contribution < 1.29 is 19.0 Å². The second-order valence-corrected chi connectivity index (χ2v) is 11.0. The van der Waals surface area contributed by atoms with E-state index in [1.807, 2.05) is 31.2 Å². The molecule has 0 radical (unpaired) electrons. The normalized spacial score (nSPS) is 14.5. The number of nitrogens with zero attached hydrogens (tertiary/aromatic N) is 3. The van der Waals surface area contributed by atoms with E-state index in [0.29, 0.717) is 54.9 Å². The molecular formula is C33H28ClN3O5S. The number of allylic oxidation sites excluding steroid dienone is 1. The highest BCUT2D eigenvalue weighted by atomic mass is 35.5. The van der Waals surface area contributed by atoms with Crippen LogP contribution in [0.5, 0.6) is 11.5 Å². The Morgan fingerprint density at radius 3 is 2.56 bits per heavy atom. The lowest BCUT2D eigenvalue weighted by molar-refractivity contribution is -0.139. The average Bonchev–Trinajstić information content (AvgIpc) is 3.30. The summed E-state index contributed by atoms with van der Waals surface area (Å²) in [6.07, 6.45) is 1.77. The Bertz CT molecular complexity index is 1940. The van der Waals surface area contributed by atoms with Crippen LogP contribution >= 0.6 is 22.9 Å². The number of benzene rings is 3. The number of rotatable bonds is 9. The fourth-order valence-electron chi connectivity index (χ4n) is 4.82. The number of carbonyl (C=O) groups excluding carboxylic acids is 1. The van der Waals surface area contributed by atoms with Gasteiger partial charge in [-0.25, -0.2) is 9.79 Å². The molecule has 2 heterocycles. The lowest BCUT2D eigenvalue weighted by atomic mass is 9.96. The molecule has 0 unspecified atom stereocenters. The molecule has 1 aliphatic rings. The summed E-state index contributed by atoms with van der Waals surface area (Å²) in [7, 11) is 0. The number of hydrogen-bond acceptors (Lipinski definition) is 8. The van der Waals surface area contributed by atoms with Gasteiger partial charge in [0.15, 0.2) is 16.3 Å². The van der Waals surface area contributed by atoms with Crippen molar-refractivity contribution in [2.24, 2.45) is 4.99 Å². The molecule has 0 amide bonds. The lowest BCUT2D eigenvalue weighted by Crippen LogP contribution is -2.39. The maximum atomic E-state index is 13.9. The fraction of sp³-hybridized carbons (Fsp3) is 0.212. The van der Waals surface area contributed by atoms with Gasteiger partial charge < -0.3 is 14.2 Å². The summed E-state index contributed by atoms with van der Waals surface area (Å²) >= 11 is 7.38. The van der Waals surface area contributed by atoms with Gasteiger partial charge in [-0.05, 0) is 68.3 Å². The Hall–Kier alpha value is -4.65. The zero-order chi connectivity index (χ0) is 30.5. The SMILES string of the molecule is CCOC(=O)C1=C(C)N=c2s/c(=C/c3ccc(OCc4ccccc4C#N)c(OCC)c3)c(=O)n2[C@@H]1c1ccc(Cl)cc1. The number of thiazole rings is 1. The molecule has 3 aromatic carbocycles. The summed E-state index contributed by atoms with van der Waals surface area (Å²) in [4.78, 5) is 32.1. The van der Waals surface area contributed by atoms with Crippen molar-refractivity contribution in [1.82, 2.24) is 4.57 Å². The highest BCUT2D eigenvalue weighted by Gasteiger charge is 2.33. The van der Waals surface area contributed by atoms with E-state index in [9.17, 15) is 14.9 Å². The third-order valence-corrected chi connectivity index (χ3v) is 8.02. The molecule has 0 spiro atoms. The van der Waals surface area contributed by atoms with E-state index in [1.165, 1.54) is 15.9 Å². The fourth-order valence-corrected chi connectivity index (χ4v) is 5.99. The predicted octanol–water partition coefficient (Wildman–Crippen LogP) is 5.30. The Morgan fingerprint density at radius 1 is 1.07 bits per heavy atom. The van der Waals surface area contributed by atoms with E-state index >= 15 is 0 Å². The van der Waals surface area contributed by atoms with Gasteiger partial charge in [0.1, 0.15) is 6.61 Å². The van der Waals surface area contributed by atoms with E-state index < -0.39 is 12.0 Å². The van der Waals surface area contributed by atoms with Crippen molar-refractivity contribution in [3.63, 3.8) is 0 Å². The van der Waals surface area contributed by atoms with Gasteiger partial charge in [-0.2, -0.15) is 5.26 Å². The van der Waals surface area contributed by atoms with E-state index in [1.54, 1.807) is 62.4 Å². The molecule has 10 heteroatoms. The summed E-state index contributed by atoms with van der Waals surface area (Å²) in [6.45, 7) is 6.16. The van der Waals surface area contributed by atoms with Crippen LogP contribution in [0.15, 0.2) is 87.8 Å². The second kappa shape index (κ2) is 13.1. The molecule has 1 aliphatic heterocycles. The minimum absolute atomic E-state index is 0.195. The van der Waals surface area contributed by atoms with Crippen LogP contribution < -0.4 is 24.4 Å². The average molecular weight is 614 g/mol. The molecule has 43 heavy (non-hydrogen) atoms. The molecule has 0 bridgehead atoms. The molecule has 1 aromatic heterocycles. The number of nitriles is 1. The summed E-state index contributed by atoms with van der Waals surface area (Å²) in [5, 5.41) is 9.93. The highest BCUT2D eigenvalue weighted by molar-refractivity contribution is 7.07. The van der Waals surface area contributed by atoms with Gasteiger partial charge in [-0.15, -0.1) is 0 Å². The maximum absolute atomic E-state index is 13.9. The minimum atomic E-state index is -0.722. The molecule has 0 N–H and O–H groups in total. The number of fused-ring (bicyclic) bond motifs is 1. The Labute approximate surface area is 257 Å². The Balaban J connectivity index is 1.55. The molecule has 4 aromatic rings.